The maximum atomic E-state index is 3.95. The zero-order valence-electron chi connectivity index (χ0n) is 8.71. The molecule has 3 fully saturated rings. The lowest BCUT2D eigenvalue weighted by Crippen LogP contribution is -2.52. The zero-order valence-corrected chi connectivity index (χ0v) is 8.71. The maximum Gasteiger partial charge on any atom is 0.00982 e. The maximum absolute atomic E-state index is 3.95. The molecule has 0 aliphatic carbocycles. The quantitative estimate of drug-likeness (QED) is 0.602. The number of rotatable bonds is 3. The van der Waals surface area contributed by atoms with E-state index in [9.17, 15) is 0 Å². The Labute approximate surface area is 81.8 Å². The van der Waals surface area contributed by atoms with E-state index in [4.69, 9.17) is 0 Å². The van der Waals surface area contributed by atoms with Crippen molar-refractivity contribution in [3.8, 4) is 0 Å². The first-order valence-electron chi connectivity index (χ1n) is 5.71. The summed E-state index contributed by atoms with van der Waals surface area (Å²) in [5.41, 5.74) is 0. The molecule has 3 rings (SSSR count). The van der Waals surface area contributed by atoms with Crippen LogP contribution >= 0.6 is 0 Å². The van der Waals surface area contributed by atoms with Gasteiger partial charge in [0.2, 0.25) is 0 Å². The van der Waals surface area contributed by atoms with Gasteiger partial charge in [-0.15, -0.1) is 6.58 Å². The van der Waals surface area contributed by atoms with Gasteiger partial charge in [0.05, 0.1) is 0 Å². The van der Waals surface area contributed by atoms with E-state index in [1.807, 2.05) is 0 Å². The van der Waals surface area contributed by atoms with Gasteiger partial charge in [0, 0.05) is 12.6 Å². The van der Waals surface area contributed by atoms with Crippen molar-refractivity contribution >= 4 is 0 Å². The molecule has 3 aliphatic rings. The monoisotopic (exact) mass is 179 g/mol. The van der Waals surface area contributed by atoms with Gasteiger partial charge in [-0.3, -0.25) is 4.90 Å². The van der Waals surface area contributed by atoms with Gasteiger partial charge in [0.1, 0.15) is 0 Å². The molecule has 0 saturated carbocycles. The molecule has 0 aromatic rings. The molecule has 0 aromatic heterocycles. The standard InChI is InChI=1S/C12H21N/c1-3-5-12-8-11-6-7-13(12)9-10(11)4-2/h4,10-12H,2-3,5-9H2,1H3/t10-,11-,12+/m0/s1. The average molecular weight is 179 g/mol. The van der Waals surface area contributed by atoms with Gasteiger partial charge in [-0.1, -0.05) is 19.4 Å². The third-order valence-corrected chi connectivity index (χ3v) is 3.85. The smallest absolute Gasteiger partial charge is 0.00982 e. The predicted molar refractivity (Wildman–Crippen MR) is 56.7 cm³/mol. The van der Waals surface area contributed by atoms with Crippen LogP contribution in [0.4, 0.5) is 0 Å². The van der Waals surface area contributed by atoms with Crippen LogP contribution in [0.2, 0.25) is 0 Å². The minimum atomic E-state index is 0.793. The van der Waals surface area contributed by atoms with E-state index in [1.54, 1.807) is 0 Å². The highest BCUT2D eigenvalue weighted by molar-refractivity contribution is 4.98. The SMILES string of the molecule is C=C[C@H]1CN2CC[C@H]1C[C@H]2CCC. The highest BCUT2D eigenvalue weighted by Crippen LogP contribution is 2.37. The fourth-order valence-corrected chi connectivity index (χ4v) is 3.08. The van der Waals surface area contributed by atoms with E-state index in [0.29, 0.717) is 0 Å². The molecular weight excluding hydrogens is 158 g/mol. The number of piperidine rings is 3. The van der Waals surface area contributed by atoms with E-state index in [1.165, 1.54) is 38.8 Å². The third-order valence-electron chi connectivity index (χ3n) is 3.85. The van der Waals surface area contributed by atoms with Crippen LogP contribution in [0.1, 0.15) is 32.6 Å². The van der Waals surface area contributed by atoms with E-state index in [-0.39, 0.29) is 0 Å². The van der Waals surface area contributed by atoms with Gasteiger partial charge in [-0.05, 0) is 37.6 Å². The fraction of sp³-hybridized carbons (Fsp3) is 0.833. The van der Waals surface area contributed by atoms with Crippen molar-refractivity contribution in [1.29, 1.82) is 0 Å². The van der Waals surface area contributed by atoms with Gasteiger partial charge < -0.3 is 0 Å². The molecule has 1 unspecified atom stereocenters. The van der Waals surface area contributed by atoms with Crippen LogP contribution in [-0.4, -0.2) is 24.0 Å². The minimum Gasteiger partial charge on any atom is -0.300 e. The summed E-state index contributed by atoms with van der Waals surface area (Å²) < 4.78 is 0. The molecule has 2 bridgehead atoms. The molecule has 0 N–H and O–H groups in total. The average Bonchev–Trinajstić information content (AvgIpc) is 2.19. The highest BCUT2D eigenvalue weighted by atomic mass is 15.2. The largest absolute Gasteiger partial charge is 0.300 e. The molecule has 3 aliphatic heterocycles. The van der Waals surface area contributed by atoms with Crippen LogP contribution < -0.4 is 0 Å². The van der Waals surface area contributed by atoms with Crippen molar-refractivity contribution in [2.24, 2.45) is 11.8 Å². The highest BCUT2D eigenvalue weighted by Gasteiger charge is 2.37. The lowest BCUT2D eigenvalue weighted by atomic mass is 9.75. The second kappa shape index (κ2) is 3.83. The molecular formula is C12H21N. The molecule has 0 amide bonds. The second-order valence-corrected chi connectivity index (χ2v) is 4.62. The van der Waals surface area contributed by atoms with E-state index < -0.39 is 0 Å². The van der Waals surface area contributed by atoms with Crippen molar-refractivity contribution in [3.05, 3.63) is 12.7 Å². The molecule has 4 atom stereocenters. The van der Waals surface area contributed by atoms with E-state index in [0.717, 1.165) is 17.9 Å². The molecule has 3 heterocycles. The Morgan fingerprint density at radius 2 is 2.38 bits per heavy atom. The summed E-state index contributed by atoms with van der Waals surface area (Å²) in [5, 5.41) is 0. The first-order chi connectivity index (χ1) is 6.35. The zero-order chi connectivity index (χ0) is 9.26. The Morgan fingerprint density at radius 3 is 2.92 bits per heavy atom. The van der Waals surface area contributed by atoms with Crippen molar-refractivity contribution in [1.82, 2.24) is 4.90 Å². The van der Waals surface area contributed by atoms with E-state index >= 15 is 0 Å². The number of fused-ring (bicyclic) bond motifs is 3. The Balaban J connectivity index is 1.98. The summed E-state index contributed by atoms with van der Waals surface area (Å²) in [4.78, 5) is 2.69. The first-order valence-corrected chi connectivity index (χ1v) is 5.71. The summed E-state index contributed by atoms with van der Waals surface area (Å²) in [6, 6.07) is 0.903. The Bertz CT molecular complexity index is 188. The number of hydrogen-bond acceptors (Lipinski definition) is 1. The summed E-state index contributed by atoms with van der Waals surface area (Å²) in [5.74, 6) is 1.75. The van der Waals surface area contributed by atoms with E-state index in [2.05, 4.69) is 24.5 Å². The summed E-state index contributed by atoms with van der Waals surface area (Å²) in [6.45, 7) is 8.88. The molecule has 1 heteroatoms. The van der Waals surface area contributed by atoms with Crippen molar-refractivity contribution < 1.29 is 0 Å². The Kier molecular flexibility index (Phi) is 2.73. The fourth-order valence-electron chi connectivity index (χ4n) is 3.08. The van der Waals surface area contributed by atoms with Crippen molar-refractivity contribution in [2.75, 3.05) is 13.1 Å². The van der Waals surface area contributed by atoms with Crippen molar-refractivity contribution in [3.63, 3.8) is 0 Å². The number of hydrogen-bond donors (Lipinski definition) is 0. The van der Waals surface area contributed by atoms with Gasteiger partial charge in [0.25, 0.3) is 0 Å². The van der Waals surface area contributed by atoms with Crippen molar-refractivity contribution in [2.45, 2.75) is 38.6 Å². The van der Waals surface area contributed by atoms with Gasteiger partial charge in [-0.25, -0.2) is 0 Å². The number of nitrogens with zero attached hydrogens (tertiary/aromatic N) is 1. The van der Waals surface area contributed by atoms with Crippen LogP contribution in [0.5, 0.6) is 0 Å². The first kappa shape index (κ1) is 9.26. The van der Waals surface area contributed by atoms with Crippen LogP contribution in [0.25, 0.3) is 0 Å². The summed E-state index contributed by atoms with van der Waals surface area (Å²) in [7, 11) is 0. The summed E-state index contributed by atoms with van der Waals surface area (Å²) in [6.07, 6.45) is 7.77. The normalized spacial score (nSPS) is 43.5. The van der Waals surface area contributed by atoms with Crippen LogP contribution in [0.15, 0.2) is 12.7 Å². The molecule has 74 valence electrons. The Morgan fingerprint density at radius 1 is 1.54 bits per heavy atom. The topological polar surface area (TPSA) is 3.24 Å². The molecule has 0 aromatic carbocycles. The van der Waals surface area contributed by atoms with Gasteiger partial charge >= 0.3 is 0 Å². The second-order valence-electron chi connectivity index (χ2n) is 4.62. The van der Waals surface area contributed by atoms with Crippen LogP contribution in [0.3, 0.4) is 0 Å². The molecule has 0 spiro atoms. The minimum absolute atomic E-state index is 0.793. The lowest BCUT2D eigenvalue weighted by Gasteiger charge is -2.49. The molecule has 1 nitrogen and oxygen atoms in total. The Hall–Kier alpha value is -0.300. The van der Waals surface area contributed by atoms with Gasteiger partial charge in [0.15, 0.2) is 0 Å². The molecule has 0 radical (unpaired) electrons. The predicted octanol–water partition coefficient (Wildman–Crippen LogP) is 2.68. The lowest BCUT2D eigenvalue weighted by molar-refractivity contribution is 0.0152. The van der Waals surface area contributed by atoms with Crippen LogP contribution in [-0.2, 0) is 0 Å². The molecule has 13 heavy (non-hydrogen) atoms. The molecule has 3 saturated heterocycles. The summed E-state index contributed by atoms with van der Waals surface area (Å²) >= 11 is 0. The third kappa shape index (κ3) is 1.67. The van der Waals surface area contributed by atoms with Crippen LogP contribution in [0, 0.1) is 11.8 Å². The van der Waals surface area contributed by atoms with Gasteiger partial charge in [-0.2, -0.15) is 0 Å².